The number of halogens is 1. The summed E-state index contributed by atoms with van der Waals surface area (Å²) >= 11 is 5.59. The zero-order valence-electron chi connectivity index (χ0n) is 4.83. The summed E-state index contributed by atoms with van der Waals surface area (Å²) < 4.78 is 0. The minimum atomic E-state index is 0.572. The second kappa shape index (κ2) is 1.78. The Morgan fingerprint density at radius 3 is 2.25 bits per heavy atom. The summed E-state index contributed by atoms with van der Waals surface area (Å²) in [6.07, 6.45) is 0. The average Bonchev–Trinajstić information content (AvgIpc) is 1.85. The fourth-order valence-electron chi connectivity index (χ4n) is 0.582. The zero-order valence-corrected chi connectivity index (χ0v) is 5.58. The van der Waals surface area contributed by atoms with Crippen molar-refractivity contribution in [2.24, 2.45) is 0 Å². The van der Waals surface area contributed by atoms with E-state index >= 15 is 0 Å². The van der Waals surface area contributed by atoms with E-state index < -0.39 is 0 Å². The van der Waals surface area contributed by atoms with Crippen molar-refractivity contribution in [1.29, 1.82) is 0 Å². The number of aromatic amines is 1. The van der Waals surface area contributed by atoms with Gasteiger partial charge in [0.15, 0.2) is 0 Å². The van der Waals surface area contributed by atoms with Crippen LogP contribution in [0.4, 0.5) is 0 Å². The molecule has 0 amide bonds. The van der Waals surface area contributed by atoms with Crippen molar-refractivity contribution in [3.63, 3.8) is 0 Å². The molecule has 0 unspecified atom stereocenters. The second-order valence-electron chi connectivity index (χ2n) is 1.74. The van der Waals surface area contributed by atoms with Gasteiger partial charge in [0, 0.05) is 0 Å². The Labute approximate surface area is 52.9 Å². The van der Waals surface area contributed by atoms with Crippen LogP contribution in [0.5, 0.6) is 0 Å². The predicted molar refractivity (Wildman–Crippen MR) is 33.1 cm³/mol. The highest BCUT2D eigenvalue weighted by molar-refractivity contribution is 6.30. The number of hydrogen-bond donors (Lipinski definition) is 1. The Balaban J connectivity index is 3.14. The fraction of sp³-hybridized carbons (Fsp3) is 0.400. The summed E-state index contributed by atoms with van der Waals surface area (Å²) in [5.74, 6) is 0.868. The molecule has 1 aromatic rings. The van der Waals surface area contributed by atoms with Gasteiger partial charge in [-0.2, -0.15) is 0 Å². The largest absolute Gasteiger partial charge is 0.345 e. The van der Waals surface area contributed by atoms with Crippen molar-refractivity contribution in [2.45, 2.75) is 13.8 Å². The summed E-state index contributed by atoms with van der Waals surface area (Å²) in [6, 6.07) is 0. The molecular formula is C5H7ClN2. The van der Waals surface area contributed by atoms with E-state index in [1.54, 1.807) is 0 Å². The molecule has 44 valence electrons. The molecule has 0 saturated heterocycles. The first kappa shape index (κ1) is 5.63. The first-order valence-electron chi connectivity index (χ1n) is 2.39. The highest BCUT2D eigenvalue weighted by Crippen LogP contribution is 2.09. The van der Waals surface area contributed by atoms with Crippen molar-refractivity contribution in [2.75, 3.05) is 0 Å². The highest BCUT2D eigenvalue weighted by Gasteiger charge is 1.96. The molecule has 2 nitrogen and oxygen atoms in total. The molecule has 3 heteroatoms. The minimum Gasteiger partial charge on any atom is -0.345 e. The number of hydrogen-bond acceptors (Lipinski definition) is 1. The van der Waals surface area contributed by atoms with Crippen LogP contribution in [0.3, 0.4) is 0 Å². The first-order chi connectivity index (χ1) is 3.70. The second-order valence-corrected chi connectivity index (χ2v) is 2.10. The number of nitrogens with one attached hydrogen (secondary N) is 1. The highest BCUT2D eigenvalue weighted by atomic mass is 35.5. The molecular weight excluding hydrogens is 124 g/mol. The molecule has 8 heavy (non-hydrogen) atoms. The summed E-state index contributed by atoms with van der Waals surface area (Å²) in [5, 5.41) is 0.572. The number of imidazole rings is 1. The van der Waals surface area contributed by atoms with Gasteiger partial charge in [0.25, 0.3) is 0 Å². The monoisotopic (exact) mass is 130 g/mol. The summed E-state index contributed by atoms with van der Waals surface area (Å²) in [5.41, 5.74) is 0.934. The van der Waals surface area contributed by atoms with Gasteiger partial charge in [-0.25, -0.2) is 4.98 Å². The molecule has 0 aromatic carbocycles. The van der Waals surface area contributed by atoms with Gasteiger partial charge in [-0.15, -0.1) is 0 Å². The molecule has 1 rings (SSSR count). The maximum absolute atomic E-state index is 5.59. The normalized spacial score (nSPS) is 9.88. The standard InChI is InChI=1S/C5H7ClN2/c1-3-5(6)8-4(2)7-3/h1-2H3,(H,7,8). The van der Waals surface area contributed by atoms with Gasteiger partial charge in [0.05, 0.1) is 5.69 Å². The lowest BCUT2D eigenvalue weighted by Crippen LogP contribution is -1.70. The molecule has 1 aromatic heterocycles. The maximum atomic E-state index is 5.59. The van der Waals surface area contributed by atoms with E-state index in [9.17, 15) is 0 Å². The number of nitrogens with zero attached hydrogens (tertiary/aromatic N) is 1. The Morgan fingerprint density at radius 2 is 2.12 bits per heavy atom. The molecule has 0 radical (unpaired) electrons. The van der Waals surface area contributed by atoms with Crippen molar-refractivity contribution in [1.82, 2.24) is 9.97 Å². The van der Waals surface area contributed by atoms with Gasteiger partial charge in [-0.3, -0.25) is 0 Å². The quantitative estimate of drug-likeness (QED) is 0.569. The van der Waals surface area contributed by atoms with Gasteiger partial charge < -0.3 is 4.98 Å². The van der Waals surface area contributed by atoms with Gasteiger partial charge in [-0.05, 0) is 13.8 Å². The third-order valence-corrected chi connectivity index (χ3v) is 1.31. The van der Waals surface area contributed by atoms with Crippen LogP contribution in [0.2, 0.25) is 5.15 Å². The lowest BCUT2D eigenvalue weighted by molar-refractivity contribution is 1.13. The van der Waals surface area contributed by atoms with Crippen LogP contribution in [0.1, 0.15) is 11.5 Å². The van der Waals surface area contributed by atoms with Crippen molar-refractivity contribution in [3.8, 4) is 0 Å². The number of rotatable bonds is 0. The lowest BCUT2D eigenvalue weighted by atomic mass is 10.6. The van der Waals surface area contributed by atoms with Crippen LogP contribution in [-0.2, 0) is 0 Å². The number of aryl methyl sites for hydroxylation is 2. The fourth-order valence-corrected chi connectivity index (χ4v) is 0.756. The number of aromatic nitrogens is 2. The SMILES string of the molecule is Cc1nc(Cl)c(C)[nH]1. The van der Waals surface area contributed by atoms with E-state index in [1.165, 1.54) is 0 Å². The Hall–Kier alpha value is -0.500. The Morgan fingerprint density at radius 1 is 1.50 bits per heavy atom. The maximum Gasteiger partial charge on any atom is 0.150 e. The van der Waals surface area contributed by atoms with Crippen LogP contribution < -0.4 is 0 Å². The molecule has 0 bridgehead atoms. The molecule has 1 N–H and O–H groups in total. The summed E-state index contributed by atoms with van der Waals surface area (Å²) in [6.45, 7) is 3.77. The minimum absolute atomic E-state index is 0.572. The van der Waals surface area contributed by atoms with Crippen LogP contribution in [0.25, 0.3) is 0 Å². The van der Waals surface area contributed by atoms with E-state index in [0.717, 1.165) is 11.5 Å². The zero-order chi connectivity index (χ0) is 6.15. The number of H-pyrrole nitrogens is 1. The van der Waals surface area contributed by atoms with Gasteiger partial charge in [-0.1, -0.05) is 11.6 Å². The molecule has 0 fully saturated rings. The summed E-state index contributed by atoms with van der Waals surface area (Å²) in [7, 11) is 0. The van der Waals surface area contributed by atoms with Crippen LogP contribution in [-0.4, -0.2) is 9.97 Å². The van der Waals surface area contributed by atoms with Crippen molar-refractivity contribution >= 4 is 11.6 Å². The third kappa shape index (κ3) is 0.842. The van der Waals surface area contributed by atoms with Crippen LogP contribution in [0.15, 0.2) is 0 Å². The predicted octanol–water partition coefficient (Wildman–Crippen LogP) is 1.68. The Kier molecular flexibility index (Phi) is 1.26. The van der Waals surface area contributed by atoms with Crippen LogP contribution in [0, 0.1) is 13.8 Å². The topological polar surface area (TPSA) is 28.7 Å². The molecule has 0 aliphatic rings. The van der Waals surface area contributed by atoms with E-state index in [-0.39, 0.29) is 0 Å². The molecule has 0 aliphatic carbocycles. The molecule has 1 heterocycles. The van der Waals surface area contributed by atoms with Gasteiger partial charge in [0.1, 0.15) is 11.0 Å². The van der Waals surface area contributed by atoms with Crippen molar-refractivity contribution in [3.05, 3.63) is 16.7 Å². The summed E-state index contributed by atoms with van der Waals surface area (Å²) in [4.78, 5) is 6.88. The van der Waals surface area contributed by atoms with E-state index in [2.05, 4.69) is 9.97 Å². The molecule has 0 saturated carbocycles. The van der Waals surface area contributed by atoms with E-state index in [4.69, 9.17) is 11.6 Å². The lowest BCUT2D eigenvalue weighted by Gasteiger charge is -1.76. The van der Waals surface area contributed by atoms with Crippen LogP contribution >= 0.6 is 11.6 Å². The van der Waals surface area contributed by atoms with Gasteiger partial charge in [0.2, 0.25) is 0 Å². The Bertz CT molecular complexity index is 173. The third-order valence-electron chi connectivity index (χ3n) is 0.944. The van der Waals surface area contributed by atoms with Crippen molar-refractivity contribution < 1.29 is 0 Å². The molecule has 0 spiro atoms. The smallest absolute Gasteiger partial charge is 0.150 e. The molecule has 0 atom stereocenters. The molecule has 0 aliphatic heterocycles. The van der Waals surface area contributed by atoms with E-state index in [1.807, 2.05) is 13.8 Å². The first-order valence-corrected chi connectivity index (χ1v) is 2.76. The van der Waals surface area contributed by atoms with Gasteiger partial charge >= 0.3 is 0 Å². The van der Waals surface area contributed by atoms with E-state index in [0.29, 0.717) is 5.15 Å². The average molecular weight is 131 g/mol.